The highest BCUT2D eigenvalue weighted by molar-refractivity contribution is 5.91. The summed E-state index contributed by atoms with van der Waals surface area (Å²) in [5.74, 6) is 0.0941. The van der Waals surface area contributed by atoms with E-state index in [4.69, 9.17) is 14.2 Å². The second-order valence-corrected chi connectivity index (χ2v) is 8.16. The van der Waals surface area contributed by atoms with Gasteiger partial charge in [-0.2, -0.15) is 0 Å². The first-order chi connectivity index (χ1) is 14.2. The number of nitrogens with one attached hydrogen (secondary N) is 1. The molecule has 29 heavy (non-hydrogen) atoms. The number of nitrogens with zero attached hydrogens (tertiary/aromatic N) is 1. The minimum atomic E-state index is -0.476. The maximum Gasteiger partial charge on any atom is 0.338 e. The number of carbonyl (C=O) groups is 2. The Morgan fingerprint density at radius 2 is 1.90 bits per heavy atom. The maximum atomic E-state index is 12.4. The van der Waals surface area contributed by atoms with Gasteiger partial charge in [0.25, 0.3) is 5.91 Å². The third kappa shape index (κ3) is 4.73. The lowest BCUT2D eigenvalue weighted by atomic mass is 9.79. The van der Waals surface area contributed by atoms with Gasteiger partial charge in [-0.05, 0) is 36.6 Å². The molecule has 1 amide bonds. The standard InChI is InChI=1S/C22H30N2O5/c25-20(15-29-21(26)18-4-5-19-17(14-18)6-11-28-19)23-16-22(7-2-1-3-8-22)24-9-12-27-13-10-24/h4-5,14H,1-3,6-13,15-16H2,(H,23,25). The molecule has 1 aromatic rings. The van der Waals surface area contributed by atoms with E-state index in [-0.39, 0.29) is 18.1 Å². The van der Waals surface area contributed by atoms with Crippen LogP contribution in [-0.4, -0.2) is 68.4 Å². The van der Waals surface area contributed by atoms with Crippen molar-refractivity contribution in [1.82, 2.24) is 10.2 Å². The molecule has 1 saturated carbocycles. The van der Waals surface area contributed by atoms with E-state index in [9.17, 15) is 9.59 Å². The number of hydrogen-bond donors (Lipinski definition) is 1. The van der Waals surface area contributed by atoms with Crippen molar-refractivity contribution in [2.24, 2.45) is 0 Å². The number of amides is 1. The van der Waals surface area contributed by atoms with Crippen molar-refractivity contribution in [3.05, 3.63) is 29.3 Å². The van der Waals surface area contributed by atoms with Gasteiger partial charge in [-0.15, -0.1) is 0 Å². The van der Waals surface area contributed by atoms with Crippen LogP contribution in [0.25, 0.3) is 0 Å². The Balaban J connectivity index is 1.28. The molecule has 1 saturated heterocycles. The lowest BCUT2D eigenvalue weighted by Crippen LogP contribution is -2.59. The molecule has 0 unspecified atom stereocenters. The van der Waals surface area contributed by atoms with Crippen LogP contribution in [0.3, 0.4) is 0 Å². The molecule has 7 heteroatoms. The minimum absolute atomic E-state index is 0.00167. The van der Waals surface area contributed by atoms with Crippen LogP contribution in [0.15, 0.2) is 18.2 Å². The van der Waals surface area contributed by atoms with Crippen molar-refractivity contribution < 1.29 is 23.8 Å². The molecular weight excluding hydrogens is 372 g/mol. The Kier molecular flexibility index (Phi) is 6.35. The van der Waals surface area contributed by atoms with Gasteiger partial charge in [-0.1, -0.05) is 19.3 Å². The van der Waals surface area contributed by atoms with E-state index in [1.807, 2.05) is 0 Å². The minimum Gasteiger partial charge on any atom is -0.493 e. The molecule has 1 aromatic carbocycles. The van der Waals surface area contributed by atoms with Crippen LogP contribution in [0.2, 0.25) is 0 Å². The summed E-state index contributed by atoms with van der Waals surface area (Å²) in [4.78, 5) is 27.2. The lowest BCUT2D eigenvalue weighted by molar-refractivity contribution is -0.125. The van der Waals surface area contributed by atoms with Crippen LogP contribution >= 0.6 is 0 Å². The summed E-state index contributed by atoms with van der Waals surface area (Å²) in [6.45, 7) is 4.30. The SMILES string of the molecule is O=C(COC(=O)c1ccc2c(c1)CCO2)NCC1(N2CCOCC2)CCCCC1. The largest absolute Gasteiger partial charge is 0.493 e. The molecule has 0 spiro atoms. The summed E-state index contributed by atoms with van der Waals surface area (Å²) in [6.07, 6.45) is 6.59. The van der Waals surface area contributed by atoms with Crippen molar-refractivity contribution in [3.8, 4) is 5.75 Å². The van der Waals surface area contributed by atoms with E-state index in [2.05, 4.69) is 10.2 Å². The van der Waals surface area contributed by atoms with Gasteiger partial charge in [-0.25, -0.2) is 4.79 Å². The zero-order chi connectivity index (χ0) is 20.1. The van der Waals surface area contributed by atoms with Gasteiger partial charge in [0, 0.05) is 31.6 Å². The summed E-state index contributed by atoms with van der Waals surface area (Å²) >= 11 is 0. The van der Waals surface area contributed by atoms with Crippen molar-refractivity contribution in [2.75, 3.05) is 46.1 Å². The first-order valence-electron chi connectivity index (χ1n) is 10.7. The smallest absolute Gasteiger partial charge is 0.338 e. The number of ether oxygens (including phenoxy) is 3. The summed E-state index contributed by atoms with van der Waals surface area (Å²) in [7, 11) is 0. The van der Waals surface area contributed by atoms with Crippen LogP contribution in [0, 0.1) is 0 Å². The summed E-state index contributed by atoms with van der Waals surface area (Å²) in [5, 5.41) is 3.02. The Labute approximate surface area is 171 Å². The third-order valence-electron chi connectivity index (χ3n) is 6.34. The van der Waals surface area contributed by atoms with E-state index >= 15 is 0 Å². The Morgan fingerprint density at radius 1 is 1.10 bits per heavy atom. The number of esters is 1. The van der Waals surface area contributed by atoms with Gasteiger partial charge >= 0.3 is 5.97 Å². The van der Waals surface area contributed by atoms with Crippen LogP contribution < -0.4 is 10.1 Å². The molecule has 3 aliphatic rings. The monoisotopic (exact) mass is 402 g/mol. The molecule has 4 rings (SSSR count). The molecule has 2 fully saturated rings. The van der Waals surface area contributed by atoms with E-state index in [0.717, 1.165) is 56.9 Å². The number of morpholine rings is 1. The highest BCUT2D eigenvalue weighted by Gasteiger charge is 2.38. The van der Waals surface area contributed by atoms with Gasteiger partial charge in [0.2, 0.25) is 0 Å². The predicted octanol–water partition coefficient (Wildman–Crippen LogP) is 1.93. The summed E-state index contributed by atoms with van der Waals surface area (Å²) < 4.78 is 16.2. The van der Waals surface area contributed by atoms with Gasteiger partial charge in [0.15, 0.2) is 6.61 Å². The normalized spacial score (nSPS) is 21.1. The zero-order valence-electron chi connectivity index (χ0n) is 16.9. The maximum absolute atomic E-state index is 12.4. The third-order valence-corrected chi connectivity index (χ3v) is 6.34. The predicted molar refractivity (Wildman–Crippen MR) is 107 cm³/mol. The molecule has 0 bridgehead atoms. The molecule has 0 aromatic heterocycles. The molecule has 1 aliphatic carbocycles. The quantitative estimate of drug-likeness (QED) is 0.733. The van der Waals surface area contributed by atoms with Crippen LogP contribution in [0.5, 0.6) is 5.75 Å². The van der Waals surface area contributed by atoms with Crippen molar-refractivity contribution in [3.63, 3.8) is 0 Å². The average molecular weight is 402 g/mol. The fraction of sp³-hybridized carbons (Fsp3) is 0.636. The first kappa shape index (κ1) is 20.2. The molecule has 0 radical (unpaired) electrons. The molecule has 158 valence electrons. The Morgan fingerprint density at radius 3 is 2.69 bits per heavy atom. The topological polar surface area (TPSA) is 77.1 Å². The molecular formula is C22H30N2O5. The van der Waals surface area contributed by atoms with E-state index in [0.29, 0.717) is 18.7 Å². The number of carbonyl (C=O) groups excluding carboxylic acids is 2. The first-order valence-corrected chi connectivity index (χ1v) is 10.7. The lowest BCUT2D eigenvalue weighted by Gasteiger charge is -2.48. The number of benzene rings is 1. The van der Waals surface area contributed by atoms with E-state index in [1.54, 1.807) is 18.2 Å². The van der Waals surface area contributed by atoms with E-state index < -0.39 is 5.97 Å². The van der Waals surface area contributed by atoms with Gasteiger partial charge in [-0.3, -0.25) is 9.69 Å². The second-order valence-electron chi connectivity index (χ2n) is 8.16. The van der Waals surface area contributed by atoms with Crippen LogP contribution in [0.4, 0.5) is 0 Å². The average Bonchev–Trinajstić information content (AvgIpc) is 3.25. The number of fused-ring (bicyclic) bond motifs is 1. The van der Waals surface area contributed by atoms with E-state index in [1.165, 1.54) is 19.3 Å². The summed E-state index contributed by atoms with van der Waals surface area (Å²) in [5.41, 5.74) is 1.47. The highest BCUT2D eigenvalue weighted by atomic mass is 16.5. The van der Waals surface area contributed by atoms with Crippen LogP contribution in [-0.2, 0) is 20.7 Å². The Hall–Kier alpha value is -2.12. The summed E-state index contributed by atoms with van der Waals surface area (Å²) in [6, 6.07) is 5.26. The Bertz CT molecular complexity index is 739. The van der Waals surface area contributed by atoms with Gasteiger partial charge in [0.1, 0.15) is 5.75 Å². The number of hydrogen-bond acceptors (Lipinski definition) is 6. The molecule has 1 N–H and O–H groups in total. The van der Waals surface area contributed by atoms with Crippen LogP contribution in [0.1, 0.15) is 48.0 Å². The highest BCUT2D eigenvalue weighted by Crippen LogP contribution is 2.34. The molecule has 0 atom stereocenters. The second kappa shape index (κ2) is 9.13. The van der Waals surface area contributed by atoms with Crippen molar-refractivity contribution in [1.29, 1.82) is 0 Å². The fourth-order valence-corrected chi connectivity index (χ4v) is 4.69. The molecule has 2 aliphatic heterocycles. The zero-order valence-corrected chi connectivity index (χ0v) is 16.9. The number of rotatable bonds is 6. The van der Waals surface area contributed by atoms with Gasteiger partial charge < -0.3 is 19.5 Å². The molecule has 7 nitrogen and oxygen atoms in total. The van der Waals surface area contributed by atoms with Crippen molar-refractivity contribution in [2.45, 2.75) is 44.1 Å². The fourth-order valence-electron chi connectivity index (χ4n) is 4.69. The van der Waals surface area contributed by atoms with Gasteiger partial charge in [0.05, 0.1) is 25.4 Å². The molecule has 2 heterocycles. The van der Waals surface area contributed by atoms with Crippen molar-refractivity contribution >= 4 is 11.9 Å².